The van der Waals surface area contributed by atoms with Gasteiger partial charge in [-0.1, -0.05) is 17.7 Å². The van der Waals surface area contributed by atoms with Crippen LogP contribution in [0.3, 0.4) is 0 Å². The van der Waals surface area contributed by atoms with Crippen molar-refractivity contribution in [1.29, 1.82) is 0 Å². The Morgan fingerprint density at radius 3 is 2.80 bits per heavy atom. The number of thiophene rings is 1. The van der Waals surface area contributed by atoms with Crippen LogP contribution in [0.1, 0.15) is 12.5 Å². The van der Waals surface area contributed by atoms with Crippen LogP contribution in [0.5, 0.6) is 0 Å². The fourth-order valence-corrected chi connectivity index (χ4v) is 3.73. The topological polar surface area (TPSA) is 55.3 Å². The van der Waals surface area contributed by atoms with Gasteiger partial charge in [0.1, 0.15) is 0 Å². The fraction of sp³-hybridized carbons (Fsp3) is 0.278. The van der Waals surface area contributed by atoms with Crippen molar-refractivity contribution in [3.63, 3.8) is 0 Å². The summed E-state index contributed by atoms with van der Waals surface area (Å²) in [4.78, 5) is 23.3. The molecule has 0 aliphatic rings. The average Bonchev–Trinajstić information content (AvgIpc) is 3.04. The number of hydrogen-bond acceptors (Lipinski definition) is 5. The second kappa shape index (κ2) is 7.91. The van der Waals surface area contributed by atoms with Gasteiger partial charge in [-0.3, -0.25) is 14.8 Å². The molecular formula is C18H18ClN3O2S. The SMILES string of the molecule is COCCN(Cc1ccc(-c2cc3nccc(Cl)c3s2)nc1)C(C)=O. The normalized spacial score (nSPS) is 11.0. The minimum Gasteiger partial charge on any atom is -0.383 e. The lowest BCUT2D eigenvalue weighted by Crippen LogP contribution is -2.31. The molecule has 0 radical (unpaired) electrons. The molecule has 3 heterocycles. The highest BCUT2D eigenvalue weighted by Crippen LogP contribution is 2.35. The Morgan fingerprint density at radius 2 is 2.16 bits per heavy atom. The van der Waals surface area contributed by atoms with Crippen molar-refractivity contribution in [2.24, 2.45) is 0 Å². The van der Waals surface area contributed by atoms with E-state index in [0.29, 0.717) is 24.7 Å². The molecule has 0 aliphatic heterocycles. The van der Waals surface area contributed by atoms with Crippen LogP contribution in [-0.2, 0) is 16.1 Å². The van der Waals surface area contributed by atoms with Gasteiger partial charge >= 0.3 is 0 Å². The summed E-state index contributed by atoms with van der Waals surface area (Å²) in [5, 5.41) is 0.702. The van der Waals surface area contributed by atoms with E-state index in [0.717, 1.165) is 26.4 Å². The maximum Gasteiger partial charge on any atom is 0.219 e. The molecule has 0 saturated carbocycles. The molecule has 0 aromatic carbocycles. The number of rotatable bonds is 6. The van der Waals surface area contributed by atoms with E-state index in [1.54, 1.807) is 48.7 Å². The lowest BCUT2D eigenvalue weighted by atomic mass is 10.2. The highest BCUT2D eigenvalue weighted by atomic mass is 35.5. The molecule has 0 fully saturated rings. The Balaban J connectivity index is 1.79. The third-order valence-corrected chi connectivity index (χ3v) is 5.43. The second-order valence-electron chi connectivity index (χ2n) is 5.60. The van der Waals surface area contributed by atoms with Crippen LogP contribution >= 0.6 is 22.9 Å². The van der Waals surface area contributed by atoms with Crippen LogP contribution in [0.25, 0.3) is 20.8 Å². The van der Waals surface area contributed by atoms with Crippen molar-refractivity contribution in [2.45, 2.75) is 13.5 Å². The molecular weight excluding hydrogens is 358 g/mol. The van der Waals surface area contributed by atoms with E-state index in [-0.39, 0.29) is 5.91 Å². The summed E-state index contributed by atoms with van der Waals surface area (Å²) in [6.07, 6.45) is 3.51. The maximum atomic E-state index is 11.7. The fourth-order valence-electron chi connectivity index (χ4n) is 2.47. The summed E-state index contributed by atoms with van der Waals surface area (Å²) in [6.45, 7) is 3.16. The summed E-state index contributed by atoms with van der Waals surface area (Å²) in [5.41, 5.74) is 2.72. The molecule has 25 heavy (non-hydrogen) atoms. The standard InChI is InChI=1S/C18H18ClN3O2S/c1-12(23)22(7-8-24-2)11-13-3-4-15(21-10-13)17-9-16-18(25-17)14(19)5-6-20-16/h3-6,9-10H,7-8,11H2,1-2H3. The number of nitrogens with zero attached hydrogens (tertiary/aromatic N) is 3. The molecule has 3 aromatic heterocycles. The lowest BCUT2D eigenvalue weighted by molar-refractivity contribution is -0.130. The van der Waals surface area contributed by atoms with Crippen molar-refractivity contribution in [3.05, 3.63) is 47.2 Å². The minimum atomic E-state index is 0.0198. The van der Waals surface area contributed by atoms with Crippen molar-refractivity contribution >= 4 is 39.1 Å². The molecule has 1 amide bonds. The zero-order valence-electron chi connectivity index (χ0n) is 14.0. The number of pyridine rings is 2. The first-order chi connectivity index (χ1) is 12.1. The molecule has 0 saturated heterocycles. The Bertz CT molecular complexity index is 880. The molecule has 3 rings (SSSR count). The summed E-state index contributed by atoms with van der Waals surface area (Å²) < 4.78 is 6.02. The largest absolute Gasteiger partial charge is 0.383 e. The maximum absolute atomic E-state index is 11.7. The molecule has 3 aromatic rings. The van der Waals surface area contributed by atoms with Gasteiger partial charge in [-0.15, -0.1) is 11.3 Å². The third-order valence-electron chi connectivity index (χ3n) is 3.83. The van der Waals surface area contributed by atoms with Crippen LogP contribution in [0.4, 0.5) is 0 Å². The van der Waals surface area contributed by atoms with E-state index in [9.17, 15) is 4.79 Å². The van der Waals surface area contributed by atoms with Gasteiger partial charge in [0.05, 0.1) is 32.4 Å². The predicted octanol–water partition coefficient (Wildman–Crippen LogP) is 4.01. The number of amides is 1. The van der Waals surface area contributed by atoms with Crippen molar-refractivity contribution in [3.8, 4) is 10.6 Å². The number of carbonyl (C=O) groups is 1. The van der Waals surface area contributed by atoms with Gasteiger partial charge in [-0.25, -0.2) is 0 Å². The molecule has 0 spiro atoms. The van der Waals surface area contributed by atoms with Crippen LogP contribution in [-0.4, -0.2) is 41.0 Å². The van der Waals surface area contributed by atoms with E-state index in [1.165, 1.54) is 0 Å². The van der Waals surface area contributed by atoms with Gasteiger partial charge in [0.25, 0.3) is 0 Å². The predicted molar refractivity (Wildman–Crippen MR) is 101 cm³/mol. The second-order valence-corrected chi connectivity index (χ2v) is 7.06. The van der Waals surface area contributed by atoms with Gasteiger partial charge in [-0.2, -0.15) is 0 Å². The van der Waals surface area contributed by atoms with E-state index < -0.39 is 0 Å². The Labute approximate surface area is 155 Å². The van der Waals surface area contributed by atoms with Crippen LogP contribution < -0.4 is 0 Å². The number of fused-ring (bicyclic) bond motifs is 1. The first kappa shape index (κ1) is 17.8. The lowest BCUT2D eigenvalue weighted by Gasteiger charge is -2.20. The van der Waals surface area contributed by atoms with E-state index in [1.807, 2.05) is 18.2 Å². The highest BCUT2D eigenvalue weighted by Gasteiger charge is 2.11. The van der Waals surface area contributed by atoms with E-state index in [2.05, 4.69) is 9.97 Å². The van der Waals surface area contributed by atoms with Gasteiger partial charge in [0.15, 0.2) is 0 Å². The van der Waals surface area contributed by atoms with Crippen LogP contribution in [0.15, 0.2) is 36.7 Å². The van der Waals surface area contributed by atoms with Crippen LogP contribution in [0, 0.1) is 0 Å². The molecule has 0 bridgehead atoms. The summed E-state index contributed by atoms with van der Waals surface area (Å²) in [6, 6.07) is 7.73. The number of carbonyl (C=O) groups excluding carboxylic acids is 1. The molecule has 0 N–H and O–H groups in total. The number of ether oxygens (including phenoxy) is 1. The monoisotopic (exact) mass is 375 g/mol. The Morgan fingerprint density at radius 1 is 1.32 bits per heavy atom. The van der Waals surface area contributed by atoms with Gasteiger partial charge in [0, 0.05) is 39.5 Å². The summed E-state index contributed by atoms with van der Waals surface area (Å²) >= 11 is 7.79. The number of hydrogen-bond donors (Lipinski definition) is 0. The molecule has 0 atom stereocenters. The molecule has 0 aliphatic carbocycles. The van der Waals surface area contributed by atoms with Crippen LogP contribution in [0.2, 0.25) is 5.02 Å². The van der Waals surface area contributed by atoms with E-state index >= 15 is 0 Å². The molecule has 7 heteroatoms. The summed E-state index contributed by atoms with van der Waals surface area (Å²) in [7, 11) is 1.63. The minimum absolute atomic E-state index is 0.0198. The van der Waals surface area contributed by atoms with E-state index in [4.69, 9.17) is 16.3 Å². The smallest absolute Gasteiger partial charge is 0.219 e. The molecule has 130 valence electrons. The summed E-state index contributed by atoms with van der Waals surface area (Å²) in [5.74, 6) is 0.0198. The highest BCUT2D eigenvalue weighted by molar-refractivity contribution is 7.22. The first-order valence-corrected chi connectivity index (χ1v) is 9.01. The first-order valence-electron chi connectivity index (χ1n) is 7.82. The molecule has 5 nitrogen and oxygen atoms in total. The zero-order chi connectivity index (χ0) is 17.8. The number of halogens is 1. The molecule has 0 unspecified atom stereocenters. The van der Waals surface area contributed by atoms with Gasteiger partial charge in [0.2, 0.25) is 5.91 Å². The van der Waals surface area contributed by atoms with Crippen molar-refractivity contribution < 1.29 is 9.53 Å². The average molecular weight is 376 g/mol. The Kier molecular flexibility index (Phi) is 5.63. The third kappa shape index (κ3) is 4.15. The number of aromatic nitrogens is 2. The number of methoxy groups -OCH3 is 1. The van der Waals surface area contributed by atoms with Crippen molar-refractivity contribution in [2.75, 3.05) is 20.3 Å². The van der Waals surface area contributed by atoms with Gasteiger partial charge in [-0.05, 0) is 23.8 Å². The van der Waals surface area contributed by atoms with Crippen molar-refractivity contribution in [1.82, 2.24) is 14.9 Å². The quantitative estimate of drug-likeness (QED) is 0.653. The Hall–Kier alpha value is -2.02. The zero-order valence-corrected chi connectivity index (χ0v) is 15.6. The van der Waals surface area contributed by atoms with Gasteiger partial charge < -0.3 is 9.64 Å².